The van der Waals surface area contributed by atoms with Gasteiger partial charge in [0.2, 0.25) is 23.5 Å². The maximum atomic E-state index is 13.2. The van der Waals surface area contributed by atoms with Gasteiger partial charge in [-0.3, -0.25) is 24.1 Å². The lowest BCUT2D eigenvalue weighted by molar-refractivity contribution is -0.133. The predicted octanol–water partition coefficient (Wildman–Crippen LogP) is -0.0429. The van der Waals surface area contributed by atoms with E-state index in [2.05, 4.69) is 26.4 Å². The van der Waals surface area contributed by atoms with Crippen LogP contribution in [0.2, 0.25) is 0 Å². The van der Waals surface area contributed by atoms with Gasteiger partial charge in [0.15, 0.2) is 23.0 Å². The number of benzene rings is 1. The van der Waals surface area contributed by atoms with Crippen LogP contribution in [0, 0.1) is 5.92 Å². The van der Waals surface area contributed by atoms with E-state index in [1.165, 1.54) is 41.2 Å². The van der Waals surface area contributed by atoms with Gasteiger partial charge in [0, 0.05) is 31.3 Å². The molecular formula is C29H42N6O9. The molecule has 4 amide bonds. The molecule has 0 saturated carbocycles. The first-order chi connectivity index (χ1) is 20.9. The third kappa shape index (κ3) is 8.38. The van der Waals surface area contributed by atoms with Gasteiger partial charge < -0.3 is 45.1 Å². The van der Waals surface area contributed by atoms with Crippen LogP contribution < -0.4 is 35.5 Å². The van der Waals surface area contributed by atoms with Crippen molar-refractivity contribution in [1.82, 2.24) is 31.3 Å². The number of rotatable bonds is 7. The summed E-state index contributed by atoms with van der Waals surface area (Å²) in [6.45, 7) is 7.37. The van der Waals surface area contributed by atoms with Gasteiger partial charge in [-0.2, -0.15) is 0 Å². The predicted molar refractivity (Wildman–Crippen MR) is 157 cm³/mol. The van der Waals surface area contributed by atoms with Crippen molar-refractivity contribution in [2.24, 2.45) is 5.92 Å². The number of hydrogen-bond acceptors (Lipinski definition) is 11. The zero-order chi connectivity index (χ0) is 32.6. The summed E-state index contributed by atoms with van der Waals surface area (Å²) in [7, 11) is 4.55. The van der Waals surface area contributed by atoms with Crippen LogP contribution in [0.4, 0.5) is 0 Å². The quantitative estimate of drug-likeness (QED) is 0.280. The van der Waals surface area contributed by atoms with E-state index in [0.29, 0.717) is 36.1 Å². The summed E-state index contributed by atoms with van der Waals surface area (Å²) in [5.74, 6) is -1.10. The number of aliphatic hydroxyl groups is 1. The SMILES string of the molecule is COc1ccc(CN2CCNC(=O)[C@H](C(C)C)NC(=O)[C@H](C)NC(=O)[C@H]([C@@H](C)O)NC(=O)c3cc(on3)C2)c(OC)c1OC. The Balaban J connectivity index is 1.97. The molecule has 0 unspecified atom stereocenters. The molecule has 1 aliphatic heterocycles. The topological polar surface area (TPSA) is 194 Å². The van der Waals surface area contributed by atoms with Crippen LogP contribution in [-0.4, -0.2) is 97.4 Å². The molecule has 1 aromatic carbocycles. The Morgan fingerprint density at radius 2 is 1.66 bits per heavy atom. The number of nitrogens with one attached hydrogen (secondary N) is 4. The molecule has 5 N–H and O–H groups in total. The molecule has 2 aromatic rings. The number of aromatic nitrogens is 1. The van der Waals surface area contributed by atoms with Crippen molar-refractivity contribution in [2.45, 2.75) is 65.0 Å². The fraction of sp³-hybridized carbons (Fsp3) is 0.552. The van der Waals surface area contributed by atoms with Crippen LogP contribution in [0.1, 0.15) is 49.5 Å². The highest BCUT2D eigenvalue weighted by atomic mass is 16.5. The van der Waals surface area contributed by atoms with Crippen LogP contribution in [0.15, 0.2) is 22.7 Å². The average Bonchev–Trinajstić information content (AvgIpc) is 3.45. The van der Waals surface area contributed by atoms with Crippen LogP contribution in [0.5, 0.6) is 17.2 Å². The molecule has 0 aliphatic carbocycles. The van der Waals surface area contributed by atoms with Gasteiger partial charge in [0.25, 0.3) is 5.91 Å². The lowest BCUT2D eigenvalue weighted by Crippen LogP contribution is -2.58. The lowest BCUT2D eigenvalue weighted by atomic mass is 10.0. The normalized spacial score (nSPS) is 21.7. The van der Waals surface area contributed by atoms with Gasteiger partial charge in [-0.25, -0.2) is 0 Å². The van der Waals surface area contributed by atoms with E-state index >= 15 is 0 Å². The minimum Gasteiger partial charge on any atom is -0.493 e. The Morgan fingerprint density at radius 1 is 0.955 bits per heavy atom. The van der Waals surface area contributed by atoms with Crippen molar-refractivity contribution in [3.63, 3.8) is 0 Å². The van der Waals surface area contributed by atoms with Gasteiger partial charge in [-0.1, -0.05) is 25.1 Å². The summed E-state index contributed by atoms with van der Waals surface area (Å²) in [6.07, 6.45) is -1.30. The highest BCUT2D eigenvalue weighted by Gasteiger charge is 2.32. The molecule has 1 aliphatic rings. The zero-order valence-corrected chi connectivity index (χ0v) is 26.1. The van der Waals surface area contributed by atoms with Crippen molar-refractivity contribution < 1.29 is 43.0 Å². The van der Waals surface area contributed by atoms with E-state index in [1.807, 2.05) is 11.0 Å². The highest BCUT2D eigenvalue weighted by molar-refractivity contribution is 5.97. The zero-order valence-electron chi connectivity index (χ0n) is 26.1. The van der Waals surface area contributed by atoms with E-state index in [1.54, 1.807) is 19.9 Å². The summed E-state index contributed by atoms with van der Waals surface area (Å²) in [5.41, 5.74) is 0.644. The van der Waals surface area contributed by atoms with Crippen molar-refractivity contribution in [2.75, 3.05) is 34.4 Å². The molecule has 15 heteroatoms. The molecule has 15 nitrogen and oxygen atoms in total. The minimum absolute atomic E-state index is 0.109. The number of aliphatic hydroxyl groups excluding tert-OH is 1. The average molecular weight is 619 g/mol. The van der Waals surface area contributed by atoms with Crippen LogP contribution in [-0.2, 0) is 27.5 Å². The minimum atomic E-state index is -1.39. The standard InChI is InChI=1S/C29H42N6O9/c1-15(2)22-28(39)30-10-11-35(13-18-8-9-21(41-5)25(43-7)24(18)42-6)14-19-12-20(34-44-19)27(38)33-23(17(4)36)29(40)31-16(3)26(37)32-22/h8-9,12,15-17,22-23,36H,10-11,13-14H2,1-7H3,(H,30,39)(H,31,40)(H,32,37)(H,33,38)/t16-,17+,22-,23-/m0/s1. The smallest absolute Gasteiger partial charge is 0.274 e. The van der Waals surface area contributed by atoms with Gasteiger partial charge >= 0.3 is 0 Å². The third-order valence-corrected chi connectivity index (χ3v) is 7.13. The molecule has 1 aromatic heterocycles. The molecular weight excluding hydrogens is 576 g/mol. The van der Waals surface area contributed by atoms with Crippen molar-refractivity contribution in [1.29, 1.82) is 0 Å². The number of amides is 4. The molecule has 0 fully saturated rings. The molecule has 4 atom stereocenters. The fourth-order valence-electron chi connectivity index (χ4n) is 4.71. The first kappa shape index (κ1) is 34.1. The molecule has 2 heterocycles. The summed E-state index contributed by atoms with van der Waals surface area (Å²) >= 11 is 0. The Morgan fingerprint density at radius 3 is 2.27 bits per heavy atom. The summed E-state index contributed by atoms with van der Waals surface area (Å²) < 4.78 is 22.0. The lowest BCUT2D eigenvalue weighted by Gasteiger charge is -2.27. The Labute approximate surface area is 255 Å². The molecule has 0 radical (unpaired) electrons. The van der Waals surface area contributed by atoms with Crippen LogP contribution in [0.3, 0.4) is 0 Å². The van der Waals surface area contributed by atoms with E-state index < -0.39 is 47.9 Å². The number of carbonyl (C=O) groups is 4. The Hall–Kier alpha value is -4.37. The number of methoxy groups -OCH3 is 3. The van der Waals surface area contributed by atoms with E-state index in [4.69, 9.17) is 18.7 Å². The second kappa shape index (κ2) is 15.4. The van der Waals surface area contributed by atoms with E-state index in [9.17, 15) is 24.3 Å². The number of fused-ring (bicyclic) bond motifs is 2. The first-order valence-electron chi connectivity index (χ1n) is 14.2. The molecule has 3 rings (SSSR count). The molecule has 0 saturated heterocycles. The van der Waals surface area contributed by atoms with Crippen molar-refractivity contribution in [3.05, 3.63) is 35.2 Å². The third-order valence-electron chi connectivity index (χ3n) is 7.13. The number of ether oxygens (including phenoxy) is 3. The maximum absolute atomic E-state index is 13.2. The molecule has 44 heavy (non-hydrogen) atoms. The monoisotopic (exact) mass is 618 g/mol. The van der Waals surface area contributed by atoms with Crippen LogP contribution in [0.25, 0.3) is 0 Å². The fourth-order valence-corrected chi connectivity index (χ4v) is 4.71. The molecule has 242 valence electrons. The van der Waals surface area contributed by atoms with Gasteiger partial charge in [-0.05, 0) is 25.8 Å². The highest BCUT2D eigenvalue weighted by Crippen LogP contribution is 2.40. The number of hydrogen-bond donors (Lipinski definition) is 5. The second-order valence-corrected chi connectivity index (χ2v) is 10.8. The van der Waals surface area contributed by atoms with E-state index in [-0.39, 0.29) is 24.7 Å². The first-order valence-corrected chi connectivity index (χ1v) is 14.2. The van der Waals surface area contributed by atoms with Gasteiger partial charge in [0.05, 0.1) is 34.0 Å². The van der Waals surface area contributed by atoms with E-state index in [0.717, 1.165) is 5.56 Å². The molecule has 2 bridgehead atoms. The summed E-state index contributed by atoms with van der Waals surface area (Å²) in [5, 5.41) is 24.6. The number of nitrogens with zero attached hydrogens (tertiary/aromatic N) is 2. The molecule has 0 spiro atoms. The second-order valence-electron chi connectivity index (χ2n) is 10.8. The maximum Gasteiger partial charge on any atom is 0.274 e. The van der Waals surface area contributed by atoms with Gasteiger partial charge in [-0.15, -0.1) is 0 Å². The van der Waals surface area contributed by atoms with Crippen molar-refractivity contribution >= 4 is 23.6 Å². The van der Waals surface area contributed by atoms with Gasteiger partial charge in [0.1, 0.15) is 18.1 Å². The Bertz CT molecular complexity index is 1330. The van der Waals surface area contributed by atoms with Crippen molar-refractivity contribution in [3.8, 4) is 17.2 Å². The largest absolute Gasteiger partial charge is 0.493 e. The summed E-state index contributed by atoms with van der Waals surface area (Å²) in [6, 6.07) is 1.66. The summed E-state index contributed by atoms with van der Waals surface area (Å²) in [4.78, 5) is 53.9. The number of carbonyl (C=O) groups excluding carboxylic acids is 4. The van der Waals surface area contributed by atoms with Crippen LogP contribution >= 0.6 is 0 Å². The Kier molecular flexibility index (Phi) is 11.9.